The Morgan fingerprint density at radius 3 is 2.80 bits per heavy atom. The molecule has 25 heavy (non-hydrogen) atoms. The topological polar surface area (TPSA) is 84.9 Å². The molecular formula is C16H24N2O5S2. The van der Waals surface area contributed by atoms with E-state index in [1.54, 1.807) is 17.0 Å². The molecule has 3 heterocycles. The molecule has 0 aliphatic carbocycles. The summed E-state index contributed by atoms with van der Waals surface area (Å²) in [6.07, 6.45) is 1.87. The van der Waals surface area contributed by atoms with E-state index in [2.05, 4.69) is 5.32 Å². The van der Waals surface area contributed by atoms with Crippen molar-refractivity contribution in [3.63, 3.8) is 0 Å². The van der Waals surface area contributed by atoms with Crippen molar-refractivity contribution in [2.24, 2.45) is 0 Å². The van der Waals surface area contributed by atoms with Gasteiger partial charge in [0.15, 0.2) is 9.84 Å². The minimum absolute atomic E-state index is 0.0415. The summed E-state index contributed by atoms with van der Waals surface area (Å²) in [5.74, 6) is 0. The molecule has 2 aliphatic rings. The zero-order valence-electron chi connectivity index (χ0n) is 14.6. The summed E-state index contributed by atoms with van der Waals surface area (Å²) in [4.78, 5) is 15.1. The van der Waals surface area contributed by atoms with Crippen LogP contribution in [-0.2, 0) is 25.9 Å². The summed E-state index contributed by atoms with van der Waals surface area (Å²) in [5.41, 5.74) is -0.429. The van der Waals surface area contributed by atoms with Crippen molar-refractivity contribution < 1.29 is 22.7 Å². The average molecular weight is 389 g/mol. The predicted molar refractivity (Wildman–Crippen MR) is 94.5 cm³/mol. The Bertz CT molecular complexity index is 747. The smallest absolute Gasteiger partial charge is 0.317 e. The van der Waals surface area contributed by atoms with Crippen LogP contribution in [0.1, 0.15) is 25.1 Å². The van der Waals surface area contributed by atoms with Crippen LogP contribution in [0.25, 0.3) is 0 Å². The molecule has 7 nitrogen and oxygen atoms in total. The second-order valence-electron chi connectivity index (χ2n) is 6.79. The van der Waals surface area contributed by atoms with Crippen molar-refractivity contribution in [2.45, 2.75) is 48.8 Å². The van der Waals surface area contributed by atoms with Crippen molar-refractivity contribution in [3.8, 4) is 0 Å². The molecule has 1 spiro atoms. The van der Waals surface area contributed by atoms with E-state index in [-0.39, 0.29) is 18.2 Å². The number of rotatable bonds is 3. The van der Waals surface area contributed by atoms with Crippen LogP contribution < -0.4 is 5.32 Å². The van der Waals surface area contributed by atoms with E-state index in [9.17, 15) is 13.2 Å². The first kappa shape index (κ1) is 18.6. The Kier molecular flexibility index (Phi) is 5.11. The fourth-order valence-corrected chi connectivity index (χ4v) is 5.30. The molecule has 0 radical (unpaired) electrons. The average Bonchev–Trinajstić information content (AvgIpc) is 3.12. The van der Waals surface area contributed by atoms with Crippen LogP contribution in [0.3, 0.4) is 0 Å². The lowest BCUT2D eigenvalue weighted by Gasteiger charge is -2.44. The number of ether oxygens (including phenoxy) is 2. The highest BCUT2D eigenvalue weighted by Gasteiger charge is 2.48. The number of carbonyl (C=O) groups excluding carboxylic acids is 1. The molecule has 3 rings (SSSR count). The van der Waals surface area contributed by atoms with Crippen LogP contribution in [0.15, 0.2) is 16.3 Å². The lowest BCUT2D eigenvalue weighted by Crippen LogP contribution is -2.60. The monoisotopic (exact) mass is 388 g/mol. The first-order valence-corrected chi connectivity index (χ1v) is 11.0. The molecule has 0 bridgehead atoms. The molecule has 3 atom stereocenters. The quantitative estimate of drug-likeness (QED) is 0.851. The highest BCUT2D eigenvalue weighted by molar-refractivity contribution is 7.92. The molecule has 1 N–H and O–H groups in total. The number of nitrogens with zero attached hydrogens (tertiary/aromatic N) is 1. The van der Waals surface area contributed by atoms with Crippen molar-refractivity contribution in [1.29, 1.82) is 0 Å². The van der Waals surface area contributed by atoms with Gasteiger partial charge < -0.3 is 19.7 Å². The van der Waals surface area contributed by atoms with Gasteiger partial charge in [-0.25, -0.2) is 13.2 Å². The molecule has 2 aliphatic heterocycles. The predicted octanol–water partition coefficient (Wildman–Crippen LogP) is 1.63. The first-order valence-electron chi connectivity index (χ1n) is 8.30. The third kappa shape index (κ3) is 3.99. The minimum Gasteiger partial charge on any atom is -0.375 e. The van der Waals surface area contributed by atoms with Gasteiger partial charge in [0.1, 0.15) is 9.81 Å². The summed E-state index contributed by atoms with van der Waals surface area (Å²) in [6.45, 7) is 5.93. The number of hydrogen-bond acceptors (Lipinski definition) is 6. The van der Waals surface area contributed by atoms with E-state index in [1.807, 2.05) is 13.8 Å². The number of hydrogen-bond donors (Lipinski definition) is 1. The van der Waals surface area contributed by atoms with E-state index in [0.29, 0.717) is 30.5 Å². The molecular weight excluding hydrogens is 364 g/mol. The van der Waals surface area contributed by atoms with Crippen molar-refractivity contribution in [1.82, 2.24) is 10.2 Å². The highest BCUT2D eigenvalue weighted by atomic mass is 32.2. The van der Waals surface area contributed by atoms with Crippen molar-refractivity contribution in [3.05, 3.63) is 17.0 Å². The fraction of sp³-hybridized carbons (Fsp3) is 0.688. The Hall–Kier alpha value is -1.16. The normalized spacial score (nSPS) is 30.0. The standard InChI is InChI=1S/C16H24N2O5S2/c1-11-9-18(10-16(23-11)6-7-22-12(16)2)15(19)17-8-13-4-5-14(24-13)25(3,20)21/h4-5,11-12H,6-10H2,1-3H3,(H,17,19). The molecule has 2 saturated heterocycles. The Morgan fingerprint density at radius 2 is 2.20 bits per heavy atom. The van der Waals surface area contributed by atoms with Crippen LogP contribution >= 0.6 is 11.3 Å². The van der Waals surface area contributed by atoms with Gasteiger partial charge in [-0.05, 0) is 26.0 Å². The number of morpholine rings is 1. The van der Waals surface area contributed by atoms with Gasteiger partial charge in [-0.1, -0.05) is 0 Å². The molecule has 2 amide bonds. The maximum atomic E-state index is 12.6. The lowest BCUT2D eigenvalue weighted by atomic mass is 9.93. The van der Waals surface area contributed by atoms with Crippen LogP contribution in [0.4, 0.5) is 4.79 Å². The van der Waals surface area contributed by atoms with Gasteiger partial charge in [-0.2, -0.15) is 0 Å². The summed E-state index contributed by atoms with van der Waals surface area (Å²) < 4.78 is 35.1. The Balaban J connectivity index is 1.62. The molecule has 1 aromatic rings. The summed E-state index contributed by atoms with van der Waals surface area (Å²) >= 11 is 1.18. The second-order valence-corrected chi connectivity index (χ2v) is 10.2. The summed E-state index contributed by atoms with van der Waals surface area (Å²) in [5, 5.41) is 2.88. The largest absolute Gasteiger partial charge is 0.375 e. The SMILES string of the molecule is CC1CN(C(=O)NCc2ccc(S(C)(=O)=O)s2)CC2(CCOC2C)O1. The maximum Gasteiger partial charge on any atom is 0.317 e. The van der Waals surface area contributed by atoms with Gasteiger partial charge >= 0.3 is 6.03 Å². The number of sulfone groups is 1. The lowest BCUT2D eigenvalue weighted by molar-refractivity contribution is -0.159. The van der Waals surface area contributed by atoms with Crippen molar-refractivity contribution in [2.75, 3.05) is 26.0 Å². The fourth-order valence-electron chi connectivity index (χ4n) is 3.38. The number of amides is 2. The molecule has 9 heteroatoms. The van der Waals surface area contributed by atoms with Crippen molar-refractivity contribution >= 4 is 27.2 Å². The third-order valence-corrected chi connectivity index (χ3v) is 7.61. The van der Waals surface area contributed by atoms with E-state index in [4.69, 9.17) is 9.47 Å². The minimum atomic E-state index is -3.20. The molecule has 140 valence electrons. The molecule has 0 aromatic carbocycles. The third-order valence-electron chi connectivity index (χ3n) is 4.71. The number of nitrogens with one attached hydrogen (secondary N) is 1. The summed E-state index contributed by atoms with van der Waals surface area (Å²) in [7, 11) is -3.20. The molecule has 3 unspecified atom stereocenters. The molecule has 1 aromatic heterocycles. The van der Waals surface area contributed by atoms with Gasteiger partial charge in [-0.3, -0.25) is 0 Å². The van der Waals surface area contributed by atoms with Crippen LogP contribution in [0.2, 0.25) is 0 Å². The summed E-state index contributed by atoms with van der Waals surface area (Å²) in [6, 6.07) is 3.14. The van der Waals surface area contributed by atoms with Crippen LogP contribution in [0, 0.1) is 0 Å². The molecule has 0 saturated carbocycles. The van der Waals surface area contributed by atoms with E-state index >= 15 is 0 Å². The van der Waals surface area contributed by atoms with Gasteiger partial charge in [0, 0.05) is 30.7 Å². The first-order chi connectivity index (χ1) is 11.7. The number of urea groups is 1. The maximum absolute atomic E-state index is 12.6. The van der Waals surface area contributed by atoms with E-state index < -0.39 is 15.4 Å². The number of carbonyl (C=O) groups is 1. The molecule has 2 fully saturated rings. The van der Waals surface area contributed by atoms with Gasteiger partial charge in [0.25, 0.3) is 0 Å². The zero-order chi connectivity index (χ0) is 18.2. The van der Waals surface area contributed by atoms with E-state index in [0.717, 1.165) is 11.3 Å². The van der Waals surface area contributed by atoms with Crippen LogP contribution in [0.5, 0.6) is 0 Å². The Morgan fingerprint density at radius 1 is 1.44 bits per heavy atom. The van der Waals surface area contributed by atoms with Gasteiger partial charge in [0.05, 0.1) is 25.3 Å². The Labute approximate surface area is 152 Å². The van der Waals surface area contributed by atoms with E-state index in [1.165, 1.54) is 17.6 Å². The van der Waals surface area contributed by atoms with Gasteiger partial charge in [-0.15, -0.1) is 11.3 Å². The van der Waals surface area contributed by atoms with Crippen LogP contribution in [-0.4, -0.2) is 63.1 Å². The van der Waals surface area contributed by atoms with Gasteiger partial charge in [0.2, 0.25) is 0 Å². The second kappa shape index (κ2) is 6.86. The highest BCUT2D eigenvalue weighted by Crippen LogP contribution is 2.35. The zero-order valence-corrected chi connectivity index (χ0v) is 16.3. The number of thiophene rings is 1.